The molecular weight excluding hydrogens is 428 g/mol. The molecule has 2 aromatic carbocycles. The lowest BCUT2D eigenvalue weighted by Crippen LogP contribution is -2.28. The molecule has 0 heterocycles. The molecule has 0 spiro atoms. The Labute approximate surface area is 172 Å². The summed E-state index contributed by atoms with van der Waals surface area (Å²) in [5.41, 5.74) is 0.355. The van der Waals surface area contributed by atoms with Crippen LogP contribution >= 0.6 is 23.2 Å². The fourth-order valence-corrected chi connectivity index (χ4v) is 6.21. The Kier molecular flexibility index (Phi) is 6.29. The van der Waals surface area contributed by atoms with E-state index >= 15 is 0 Å². The number of aliphatic hydroxyl groups excluding tert-OH is 1. The first-order valence-electron chi connectivity index (χ1n) is 8.64. The van der Waals surface area contributed by atoms with Gasteiger partial charge in [-0.25, -0.2) is 12.8 Å². The van der Waals surface area contributed by atoms with Crippen LogP contribution in [0, 0.1) is 11.7 Å². The topological polar surface area (TPSA) is 83.5 Å². The van der Waals surface area contributed by atoms with Gasteiger partial charge in [0.15, 0.2) is 9.84 Å². The summed E-state index contributed by atoms with van der Waals surface area (Å²) >= 11 is 11.8. The van der Waals surface area contributed by atoms with Crippen molar-refractivity contribution in [1.29, 1.82) is 0 Å². The van der Waals surface area contributed by atoms with Crippen LogP contribution in [0.3, 0.4) is 0 Å². The molecule has 0 radical (unpaired) electrons. The normalized spacial score (nSPS) is 19.6. The number of halogens is 3. The summed E-state index contributed by atoms with van der Waals surface area (Å²) < 4.78 is 39.4. The van der Waals surface area contributed by atoms with Gasteiger partial charge in [-0.05, 0) is 55.2 Å². The fraction of sp³-hybridized carbons (Fsp3) is 0.316. The van der Waals surface area contributed by atoms with Gasteiger partial charge in [0.2, 0.25) is 0 Å². The molecular formula is C19H18Cl2FNO4S. The van der Waals surface area contributed by atoms with E-state index in [1.54, 1.807) is 0 Å². The Morgan fingerprint density at radius 1 is 1.14 bits per heavy atom. The zero-order valence-corrected chi connectivity index (χ0v) is 17.0. The van der Waals surface area contributed by atoms with E-state index in [-0.39, 0.29) is 38.7 Å². The lowest BCUT2D eigenvalue weighted by Gasteiger charge is -2.19. The lowest BCUT2D eigenvalue weighted by molar-refractivity contribution is 0.102. The van der Waals surface area contributed by atoms with Crippen molar-refractivity contribution in [3.8, 4) is 0 Å². The van der Waals surface area contributed by atoms with E-state index < -0.39 is 26.8 Å². The predicted molar refractivity (Wildman–Crippen MR) is 106 cm³/mol. The summed E-state index contributed by atoms with van der Waals surface area (Å²) in [7, 11) is -3.81. The van der Waals surface area contributed by atoms with E-state index in [0.717, 1.165) is 6.07 Å². The monoisotopic (exact) mass is 445 g/mol. The van der Waals surface area contributed by atoms with Crippen LogP contribution in [0.2, 0.25) is 10.0 Å². The van der Waals surface area contributed by atoms with Gasteiger partial charge in [-0.15, -0.1) is 0 Å². The smallest absolute Gasteiger partial charge is 0.255 e. The number of nitrogens with one attached hydrogen (secondary N) is 1. The van der Waals surface area contributed by atoms with Crippen molar-refractivity contribution >= 4 is 44.6 Å². The van der Waals surface area contributed by atoms with Crippen molar-refractivity contribution in [2.45, 2.75) is 29.4 Å². The molecule has 2 N–H and O–H groups in total. The van der Waals surface area contributed by atoms with Gasteiger partial charge in [-0.1, -0.05) is 29.6 Å². The van der Waals surface area contributed by atoms with Crippen LogP contribution in [-0.2, 0) is 9.84 Å². The summed E-state index contributed by atoms with van der Waals surface area (Å²) in [6.45, 7) is -0.215. The van der Waals surface area contributed by atoms with Crippen molar-refractivity contribution in [2.75, 3.05) is 11.9 Å². The number of amides is 1. The minimum absolute atomic E-state index is 0.0185. The minimum atomic E-state index is -3.81. The maximum absolute atomic E-state index is 13.3. The van der Waals surface area contributed by atoms with E-state index in [4.69, 9.17) is 23.2 Å². The van der Waals surface area contributed by atoms with Gasteiger partial charge in [-0.3, -0.25) is 4.79 Å². The number of anilines is 1. The SMILES string of the molecule is O=C(Nc1ccc(F)c(Cl)c1)c1ccc(Cl)c(S(=O)(=O)C2CCCC2CO)c1. The molecule has 2 aromatic rings. The number of hydrogen-bond acceptors (Lipinski definition) is 4. The summed E-state index contributed by atoms with van der Waals surface area (Å²) in [5.74, 6) is -1.55. The molecule has 2 atom stereocenters. The van der Waals surface area contributed by atoms with Crippen LogP contribution in [0.15, 0.2) is 41.3 Å². The van der Waals surface area contributed by atoms with Gasteiger partial charge in [0, 0.05) is 17.9 Å². The van der Waals surface area contributed by atoms with Gasteiger partial charge < -0.3 is 10.4 Å². The van der Waals surface area contributed by atoms with Crippen LogP contribution in [0.4, 0.5) is 10.1 Å². The largest absolute Gasteiger partial charge is 0.396 e. The molecule has 1 saturated carbocycles. The first-order chi connectivity index (χ1) is 13.2. The number of aliphatic hydroxyl groups is 1. The van der Waals surface area contributed by atoms with E-state index in [9.17, 15) is 22.7 Å². The first kappa shape index (κ1) is 21.0. The van der Waals surface area contributed by atoms with Gasteiger partial charge >= 0.3 is 0 Å². The van der Waals surface area contributed by atoms with Crippen LogP contribution in [0.5, 0.6) is 0 Å². The Balaban J connectivity index is 1.90. The molecule has 1 fully saturated rings. The standard InChI is InChI=1S/C19H18Cl2FNO4S/c20-14-6-4-11(19(25)23-13-5-7-16(22)15(21)9-13)8-18(14)28(26,27)17-3-1-2-12(17)10-24/h4-9,12,17,24H,1-3,10H2,(H,23,25). The highest BCUT2D eigenvalue weighted by atomic mass is 35.5. The maximum Gasteiger partial charge on any atom is 0.255 e. The van der Waals surface area contributed by atoms with Crippen LogP contribution in [-0.4, -0.2) is 31.3 Å². The van der Waals surface area contributed by atoms with Gasteiger partial charge in [0.1, 0.15) is 5.82 Å². The molecule has 3 rings (SSSR count). The third-order valence-electron chi connectivity index (χ3n) is 4.90. The van der Waals surface area contributed by atoms with Crippen LogP contribution in [0.25, 0.3) is 0 Å². The van der Waals surface area contributed by atoms with Crippen molar-refractivity contribution in [1.82, 2.24) is 0 Å². The summed E-state index contributed by atoms with van der Waals surface area (Å²) in [5, 5.41) is 11.2. The highest BCUT2D eigenvalue weighted by molar-refractivity contribution is 7.92. The lowest BCUT2D eigenvalue weighted by atomic mass is 10.1. The van der Waals surface area contributed by atoms with E-state index in [0.29, 0.717) is 19.3 Å². The molecule has 5 nitrogen and oxygen atoms in total. The van der Waals surface area contributed by atoms with Crippen LogP contribution in [0.1, 0.15) is 29.6 Å². The average Bonchev–Trinajstić information content (AvgIpc) is 3.14. The number of sulfone groups is 1. The third kappa shape index (κ3) is 4.17. The zero-order chi connectivity index (χ0) is 20.5. The Morgan fingerprint density at radius 3 is 2.57 bits per heavy atom. The Hall–Kier alpha value is -1.67. The molecule has 28 heavy (non-hydrogen) atoms. The second-order valence-electron chi connectivity index (χ2n) is 6.69. The molecule has 2 unspecified atom stereocenters. The van der Waals surface area contributed by atoms with Gasteiger partial charge in [0.05, 0.1) is 20.2 Å². The number of hydrogen-bond donors (Lipinski definition) is 2. The van der Waals surface area contributed by atoms with Gasteiger partial charge in [0.25, 0.3) is 5.91 Å². The Morgan fingerprint density at radius 2 is 1.89 bits per heavy atom. The predicted octanol–water partition coefficient (Wildman–Crippen LogP) is 4.32. The number of benzene rings is 2. The molecule has 1 aliphatic rings. The molecule has 1 aliphatic carbocycles. The zero-order valence-electron chi connectivity index (χ0n) is 14.7. The van der Waals surface area contributed by atoms with Crippen molar-refractivity contribution in [3.63, 3.8) is 0 Å². The van der Waals surface area contributed by atoms with E-state index in [2.05, 4.69) is 5.32 Å². The molecule has 0 bridgehead atoms. The quantitative estimate of drug-likeness (QED) is 0.717. The summed E-state index contributed by atoms with van der Waals surface area (Å²) in [6.07, 6.45) is 1.77. The summed E-state index contributed by atoms with van der Waals surface area (Å²) in [4.78, 5) is 12.4. The van der Waals surface area contributed by atoms with E-state index in [1.807, 2.05) is 0 Å². The molecule has 0 aromatic heterocycles. The minimum Gasteiger partial charge on any atom is -0.396 e. The second kappa shape index (κ2) is 8.37. The highest BCUT2D eigenvalue weighted by Gasteiger charge is 2.39. The summed E-state index contributed by atoms with van der Waals surface area (Å²) in [6, 6.07) is 7.70. The van der Waals surface area contributed by atoms with Crippen LogP contribution < -0.4 is 5.32 Å². The third-order valence-corrected chi connectivity index (χ3v) is 8.00. The molecule has 0 saturated heterocycles. The molecule has 0 aliphatic heterocycles. The van der Waals surface area contributed by atoms with Crippen molar-refractivity contribution in [3.05, 3.63) is 57.8 Å². The first-order valence-corrected chi connectivity index (χ1v) is 10.9. The number of rotatable bonds is 5. The Bertz CT molecular complexity index is 1010. The second-order valence-corrected chi connectivity index (χ2v) is 9.63. The van der Waals surface area contributed by atoms with Gasteiger partial charge in [-0.2, -0.15) is 0 Å². The van der Waals surface area contributed by atoms with E-state index in [1.165, 1.54) is 30.3 Å². The molecule has 150 valence electrons. The molecule has 9 heteroatoms. The number of carbonyl (C=O) groups is 1. The maximum atomic E-state index is 13.3. The highest BCUT2D eigenvalue weighted by Crippen LogP contribution is 2.37. The molecule has 1 amide bonds. The average molecular weight is 446 g/mol. The van der Waals surface area contributed by atoms with Crippen molar-refractivity contribution < 1.29 is 22.7 Å². The number of carbonyl (C=O) groups excluding carboxylic acids is 1. The van der Waals surface area contributed by atoms with Crippen molar-refractivity contribution in [2.24, 2.45) is 5.92 Å². The fourth-order valence-electron chi connectivity index (χ4n) is 3.42.